The van der Waals surface area contributed by atoms with Gasteiger partial charge < -0.3 is 10.3 Å². The van der Waals surface area contributed by atoms with Gasteiger partial charge in [-0.05, 0) is 18.6 Å². The van der Waals surface area contributed by atoms with Crippen LogP contribution in [0.15, 0.2) is 31.0 Å². The Balaban J connectivity index is 2.29. The predicted octanol–water partition coefficient (Wildman–Crippen LogP) is 0.806. The average Bonchev–Trinajstić information content (AvgIpc) is 2.83. The third-order valence-corrected chi connectivity index (χ3v) is 2.45. The third-order valence-electron chi connectivity index (χ3n) is 2.45. The van der Waals surface area contributed by atoms with Crippen LogP contribution < -0.4 is 5.73 Å². The topological polar surface area (TPSA) is 74.0 Å². The Hall–Kier alpha value is -2.37. The Morgan fingerprint density at radius 3 is 3.00 bits per heavy atom. The standard InChI is InChI=1S/C10H10N6/c1-7-4-9-13-10(11)14-16(9)5-8(7)15-3-2-12-6-15/h2-6H,1H3,(H2,11,14). The first-order valence-electron chi connectivity index (χ1n) is 4.85. The van der Waals surface area contributed by atoms with Crippen molar-refractivity contribution in [3.05, 3.63) is 36.5 Å². The zero-order chi connectivity index (χ0) is 11.1. The molecule has 3 heterocycles. The molecular weight excluding hydrogens is 204 g/mol. The highest BCUT2D eigenvalue weighted by molar-refractivity contribution is 5.51. The summed E-state index contributed by atoms with van der Waals surface area (Å²) in [6, 6.07) is 1.94. The van der Waals surface area contributed by atoms with Gasteiger partial charge in [0, 0.05) is 12.4 Å². The quantitative estimate of drug-likeness (QED) is 0.650. The molecule has 0 bridgehead atoms. The number of pyridine rings is 1. The van der Waals surface area contributed by atoms with E-state index in [0.29, 0.717) is 0 Å². The summed E-state index contributed by atoms with van der Waals surface area (Å²) in [5, 5.41) is 4.07. The van der Waals surface area contributed by atoms with Gasteiger partial charge in [-0.2, -0.15) is 4.98 Å². The Bertz CT molecular complexity index is 637. The second-order valence-electron chi connectivity index (χ2n) is 3.58. The molecule has 2 N–H and O–H groups in total. The lowest BCUT2D eigenvalue weighted by Gasteiger charge is -2.06. The summed E-state index contributed by atoms with van der Waals surface area (Å²) < 4.78 is 3.59. The molecule has 0 amide bonds. The van der Waals surface area contributed by atoms with E-state index in [4.69, 9.17) is 5.73 Å². The maximum Gasteiger partial charge on any atom is 0.240 e. The van der Waals surface area contributed by atoms with E-state index >= 15 is 0 Å². The van der Waals surface area contributed by atoms with E-state index in [2.05, 4.69) is 15.1 Å². The zero-order valence-electron chi connectivity index (χ0n) is 8.70. The molecule has 0 radical (unpaired) electrons. The van der Waals surface area contributed by atoms with Crippen LogP contribution in [0.4, 0.5) is 5.95 Å². The number of hydrogen-bond donors (Lipinski definition) is 1. The molecule has 16 heavy (non-hydrogen) atoms. The largest absolute Gasteiger partial charge is 0.366 e. The number of nitrogen functional groups attached to an aromatic ring is 1. The van der Waals surface area contributed by atoms with Crippen molar-refractivity contribution in [2.75, 3.05) is 5.73 Å². The van der Waals surface area contributed by atoms with Gasteiger partial charge in [-0.15, -0.1) is 5.10 Å². The predicted molar refractivity (Wildman–Crippen MR) is 59.3 cm³/mol. The van der Waals surface area contributed by atoms with Crippen LogP contribution in [0.1, 0.15) is 5.56 Å². The van der Waals surface area contributed by atoms with Crippen molar-refractivity contribution in [3.8, 4) is 5.69 Å². The number of fused-ring (bicyclic) bond motifs is 1. The Morgan fingerprint density at radius 2 is 2.25 bits per heavy atom. The van der Waals surface area contributed by atoms with Gasteiger partial charge >= 0.3 is 0 Å². The van der Waals surface area contributed by atoms with Crippen LogP contribution in [0.5, 0.6) is 0 Å². The van der Waals surface area contributed by atoms with Crippen LogP contribution in [0.3, 0.4) is 0 Å². The van der Waals surface area contributed by atoms with Gasteiger partial charge in [0.05, 0.1) is 18.2 Å². The molecule has 0 aliphatic rings. The molecule has 0 unspecified atom stereocenters. The molecule has 0 aliphatic carbocycles. The van der Waals surface area contributed by atoms with Crippen LogP contribution >= 0.6 is 0 Å². The van der Waals surface area contributed by atoms with Crippen LogP contribution in [0, 0.1) is 6.92 Å². The first kappa shape index (κ1) is 8.90. The maximum atomic E-state index is 5.55. The molecule has 6 nitrogen and oxygen atoms in total. The molecule has 3 aromatic rings. The summed E-state index contributed by atoms with van der Waals surface area (Å²) in [6.07, 6.45) is 7.25. The van der Waals surface area contributed by atoms with E-state index in [9.17, 15) is 0 Å². The van der Waals surface area contributed by atoms with E-state index in [-0.39, 0.29) is 5.95 Å². The summed E-state index contributed by atoms with van der Waals surface area (Å²) in [7, 11) is 0. The van der Waals surface area contributed by atoms with E-state index in [1.165, 1.54) is 0 Å². The first-order chi connectivity index (χ1) is 7.74. The number of nitrogens with two attached hydrogens (primary N) is 1. The molecule has 0 spiro atoms. The minimum absolute atomic E-state index is 0.280. The van der Waals surface area contributed by atoms with Crippen molar-refractivity contribution < 1.29 is 0 Å². The van der Waals surface area contributed by atoms with E-state index in [1.54, 1.807) is 17.0 Å². The number of aryl methyl sites for hydroxylation is 1. The van der Waals surface area contributed by atoms with E-state index < -0.39 is 0 Å². The summed E-state index contributed by atoms with van der Waals surface area (Å²) in [4.78, 5) is 8.12. The second kappa shape index (κ2) is 3.06. The fourth-order valence-electron chi connectivity index (χ4n) is 1.70. The molecule has 0 aromatic carbocycles. The monoisotopic (exact) mass is 214 g/mol. The van der Waals surface area contributed by atoms with Gasteiger partial charge in [-0.3, -0.25) is 0 Å². The summed E-state index contributed by atoms with van der Waals surface area (Å²) in [5.41, 5.74) is 8.40. The summed E-state index contributed by atoms with van der Waals surface area (Å²) in [6.45, 7) is 2.01. The molecule has 80 valence electrons. The minimum atomic E-state index is 0.280. The fourth-order valence-corrected chi connectivity index (χ4v) is 1.70. The highest BCUT2D eigenvalue weighted by Gasteiger charge is 2.06. The van der Waals surface area contributed by atoms with E-state index in [0.717, 1.165) is 16.9 Å². The lowest BCUT2D eigenvalue weighted by molar-refractivity contribution is 0.928. The third kappa shape index (κ3) is 1.23. The van der Waals surface area contributed by atoms with Crippen LogP contribution in [-0.4, -0.2) is 24.1 Å². The van der Waals surface area contributed by atoms with Crippen molar-refractivity contribution in [1.82, 2.24) is 24.1 Å². The molecule has 0 saturated carbocycles. The second-order valence-corrected chi connectivity index (χ2v) is 3.58. The molecule has 0 aliphatic heterocycles. The van der Waals surface area contributed by atoms with Crippen molar-refractivity contribution in [1.29, 1.82) is 0 Å². The van der Waals surface area contributed by atoms with Crippen LogP contribution in [0.2, 0.25) is 0 Å². The fraction of sp³-hybridized carbons (Fsp3) is 0.100. The van der Waals surface area contributed by atoms with Gasteiger partial charge in [0.2, 0.25) is 5.95 Å². The summed E-state index contributed by atoms with van der Waals surface area (Å²) >= 11 is 0. The maximum absolute atomic E-state index is 5.55. The van der Waals surface area contributed by atoms with E-state index in [1.807, 2.05) is 30.0 Å². The molecular formula is C10H10N6. The number of rotatable bonds is 1. The van der Waals surface area contributed by atoms with Crippen molar-refractivity contribution >= 4 is 11.6 Å². The highest BCUT2D eigenvalue weighted by Crippen LogP contribution is 2.15. The van der Waals surface area contributed by atoms with Crippen molar-refractivity contribution in [2.45, 2.75) is 6.92 Å². The van der Waals surface area contributed by atoms with Gasteiger partial charge in [0.15, 0.2) is 5.65 Å². The van der Waals surface area contributed by atoms with Crippen LogP contribution in [0.25, 0.3) is 11.3 Å². The van der Waals surface area contributed by atoms with Crippen LogP contribution in [-0.2, 0) is 0 Å². The number of aromatic nitrogens is 5. The average molecular weight is 214 g/mol. The van der Waals surface area contributed by atoms with Crippen molar-refractivity contribution in [3.63, 3.8) is 0 Å². The zero-order valence-corrected chi connectivity index (χ0v) is 8.70. The van der Waals surface area contributed by atoms with Gasteiger partial charge in [-0.1, -0.05) is 0 Å². The summed E-state index contributed by atoms with van der Waals surface area (Å²) in [5.74, 6) is 0.280. The number of imidazole rings is 1. The SMILES string of the molecule is Cc1cc2nc(N)nn2cc1-n1ccnc1. The Kier molecular flexibility index (Phi) is 1.70. The lowest BCUT2D eigenvalue weighted by Crippen LogP contribution is -1.98. The Labute approximate surface area is 91.4 Å². The van der Waals surface area contributed by atoms with Gasteiger partial charge in [0.25, 0.3) is 0 Å². The normalized spacial score (nSPS) is 11.1. The molecule has 0 saturated heterocycles. The highest BCUT2D eigenvalue weighted by atomic mass is 15.3. The lowest BCUT2D eigenvalue weighted by atomic mass is 10.2. The number of hydrogen-bond acceptors (Lipinski definition) is 4. The molecule has 0 atom stereocenters. The van der Waals surface area contributed by atoms with Gasteiger partial charge in [-0.25, -0.2) is 9.50 Å². The van der Waals surface area contributed by atoms with Gasteiger partial charge in [0.1, 0.15) is 0 Å². The molecule has 6 heteroatoms. The van der Waals surface area contributed by atoms with Crippen molar-refractivity contribution in [2.24, 2.45) is 0 Å². The number of anilines is 1. The minimum Gasteiger partial charge on any atom is -0.366 e. The Morgan fingerprint density at radius 1 is 1.38 bits per heavy atom. The smallest absolute Gasteiger partial charge is 0.240 e. The molecule has 3 rings (SSSR count). The molecule has 3 aromatic heterocycles. The first-order valence-corrected chi connectivity index (χ1v) is 4.85. The molecule has 0 fully saturated rings. The number of nitrogens with zero attached hydrogens (tertiary/aromatic N) is 5.